The lowest BCUT2D eigenvalue weighted by molar-refractivity contribution is 0.0830. The van der Waals surface area contributed by atoms with Crippen molar-refractivity contribution in [3.63, 3.8) is 0 Å². The number of hydrogen-bond donors (Lipinski definition) is 6. The van der Waals surface area contributed by atoms with E-state index >= 15 is 0 Å². The van der Waals surface area contributed by atoms with Gasteiger partial charge in [-0.25, -0.2) is 0 Å². The van der Waals surface area contributed by atoms with Crippen molar-refractivity contribution in [2.45, 2.75) is 44.9 Å². The Bertz CT molecular complexity index is 1260. The smallest absolute Gasteiger partial charge is 0.251 e. The van der Waals surface area contributed by atoms with E-state index in [9.17, 15) is 19.0 Å². The van der Waals surface area contributed by atoms with Gasteiger partial charge < -0.3 is 21.1 Å². The monoisotopic (exact) mass is 630 g/mol. The van der Waals surface area contributed by atoms with Crippen molar-refractivity contribution in [2.24, 2.45) is 0 Å². The topological polar surface area (TPSA) is 117 Å². The van der Waals surface area contributed by atoms with Gasteiger partial charge in [-0.2, -0.15) is 0 Å². The summed E-state index contributed by atoms with van der Waals surface area (Å²) < 4.78 is 24.0. The van der Waals surface area contributed by atoms with Gasteiger partial charge in [0, 0.05) is 41.9 Å². The first kappa shape index (κ1) is 30.4. The Morgan fingerprint density at radius 3 is 2.52 bits per heavy atom. The summed E-state index contributed by atoms with van der Waals surface area (Å²) in [6, 6.07) is 22.5. The summed E-state index contributed by atoms with van der Waals surface area (Å²) in [5, 5.41) is 20.8. The van der Waals surface area contributed by atoms with Crippen LogP contribution in [0.2, 0.25) is 0 Å². The Balaban J connectivity index is 1.53. The van der Waals surface area contributed by atoms with Crippen LogP contribution in [0.15, 0.2) is 77.3 Å². The molecule has 3 aromatic rings. The third-order valence-electron chi connectivity index (χ3n) is 6.88. The summed E-state index contributed by atoms with van der Waals surface area (Å²) in [5.41, 5.74) is 3.80. The molecule has 0 radical (unpaired) electrons. The van der Waals surface area contributed by atoms with Gasteiger partial charge in [-0.15, -0.1) is 10.8 Å². The predicted octanol–water partition coefficient (Wildman–Crippen LogP) is 5.64. The van der Waals surface area contributed by atoms with Gasteiger partial charge in [0.25, 0.3) is 5.91 Å². The average molecular weight is 632 g/mol. The molecule has 1 heterocycles. The van der Waals surface area contributed by atoms with Crippen molar-refractivity contribution in [1.82, 2.24) is 10.6 Å². The minimum absolute atomic E-state index is 0.293. The lowest BCUT2D eigenvalue weighted by atomic mass is 10.00. The molecule has 4 rings (SSSR count). The first-order valence-corrected chi connectivity index (χ1v) is 16.1. The molecule has 1 amide bonds. The van der Waals surface area contributed by atoms with Crippen LogP contribution in [0.25, 0.3) is 0 Å². The summed E-state index contributed by atoms with van der Waals surface area (Å²) in [7, 11) is -2.94. The fourth-order valence-corrected chi connectivity index (χ4v) is 6.98. The fraction of sp³-hybridized carbons (Fsp3) is 0.367. The number of nitrogens with one attached hydrogen (secondary N) is 3. The minimum atomic E-state index is -2.94. The Morgan fingerprint density at radius 2 is 1.80 bits per heavy atom. The van der Waals surface area contributed by atoms with Crippen LogP contribution in [-0.4, -0.2) is 57.7 Å². The van der Waals surface area contributed by atoms with E-state index in [1.165, 1.54) is 0 Å². The van der Waals surface area contributed by atoms with Gasteiger partial charge in [-0.1, -0.05) is 58.4 Å². The number of nitrogens with zero attached hydrogens (tertiary/aromatic N) is 1. The summed E-state index contributed by atoms with van der Waals surface area (Å²) in [6.07, 6.45) is 1.22. The molecule has 40 heavy (non-hydrogen) atoms. The maximum absolute atomic E-state index is 13.6. The van der Waals surface area contributed by atoms with Crippen LogP contribution < -0.4 is 20.3 Å². The van der Waals surface area contributed by atoms with E-state index in [2.05, 4.69) is 31.9 Å². The minimum Gasteiger partial charge on any atom is -0.390 e. The maximum atomic E-state index is 13.6. The maximum Gasteiger partial charge on any atom is 0.251 e. The van der Waals surface area contributed by atoms with Crippen molar-refractivity contribution >= 4 is 44.0 Å². The van der Waals surface area contributed by atoms with Gasteiger partial charge in [0.2, 0.25) is 0 Å². The quantitative estimate of drug-likeness (QED) is 0.153. The predicted molar refractivity (Wildman–Crippen MR) is 168 cm³/mol. The molecule has 1 aliphatic heterocycles. The summed E-state index contributed by atoms with van der Waals surface area (Å²) in [4.78, 5) is 13.6. The Morgan fingerprint density at radius 1 is 1.02 bits per heavy atom. The van der Waals surface area contributed by atoms with Gasteiger partial charge in [0.1, 0.15) is 0 Å². The van der Waals surface area contributed by atoms with Crippen LogP contribution in [0.1, 0.15) is 41.3 Å². The van der Waals surface area contributed by atoms with Crippen LogP contribution in [0.3, 0.4) is 0 Å². The molecule has 2 atom stereocenters. The number of anilines is 2. The molecule has 0 aromatic heterocycles. The zero-order valence-electron chi connectivity index (χ0n) is 22.7. The first-order valence-electron chi connectivity index (χ1n) is 13.7. The molecular formula is C30H39BrN4O4S. The van der Waals surface area contributed by atoms with Gasteiger partial charge in [0.15, 0.2) is 0 Å². The first-order chi connectivity index (χ1) is 19.2. The number of amides is 1. The van der Waals surface area contributed by atoms with Gasteiger partial charge in [-0.05, 0) is 67.6 Å². The molecule has 3 aromatic carbocycles. The number of aliphatic hydroxyl groups is 1. The van der Waals surface area contributed by atoms with E-state index in [0.29, 0.717) is 49.6 Å². The summed E-state index contributed by atoms with van der Waals surface area (Å²) >= 11 is 3.49. The molecule has 0 bridgehead atoms. The zero-order chi connectivity index (χ0) is 28.5. The Hall–Kier alpha value is -2.60. The highest BCUT2D eigenvalue weighted by Crippen LogP contribution is 2.50. The Labute approximate surface area is 246 Å². The van der Waals surface area contributed by atoms with Crippen LogP contribution in [-0.2, 0) is 13.0 Å². The zero-order valence-corrected chi connectivity index (χ0v) is 25.1. The highest BCUT2D eigenvalue weighted by Gasteiger charge is 2.28. The lowest BCUT2D eigenvalue weighted by Crippen LogP contribution is -2.48. The normalized spacial score (nSPS) is 17.1. The van der Waals surface area contributed by atoms with Gasteiger partial charge in [0.05, 0.1) is 23.6 Å². The van der Waals surface area contributed by atoms with Crippen molar-refractivity contribution in [1.29, 1.82) is 0 Å². The Kier molecular flexibility index (Phi) is 10.9. The fourth-order valence-electron chi connectivity index (χ4n) is 4.85. The van der Waals surface area contributed by atoms with Crippen molar-refractivity contribution < 1.29 is 19.0 Å². The molecule has 2 unspecified atom stereocenters. The number of aliphatic hydroxyl groups excluding tert-OH is 1. The van der Waals surface area contributed by atoms with E-state index < -0.39 is 22.9 Å². The largest absolute Gasteiger partial charge is 0.390 e. The molecule has 8 nitrogen and oxygen atoms in total. The molecular weight excluding hydrogens is 592 g/mol. The molecule has 216 valence electrons. The molecule has 0 spiro atoms. The molecule has 1 aliphatic rings. The van der Waals surface area contributed by atoms with E-state index in [4.69, 9.17) is 0 Å². The molecule has 1 fully saturated rings. The van der Waals surface area contributed by atoms with Crippen molar-refractivity contribution in [3.05, 3.63) is 94.0 Å². The number of carbonyl (C=O) groups is 1. The molecule has 10 heteroatoms. The number of rotatable bonds is 12. The SMILES string of the molecule is CCNc1cc(C(=O)NC(Cc2ccccc2)C(O)CNCc2cccc(Br)c2)cc(N2CCCCS2(O)O)c1. The number of halogens is 1. The van der Waals surface area contributed by atoms with Crippen LogP contribution in [0, 0.1) is 0 Å². The van der Waals surface area contributed by atoms with E-state index in [0.717, 1.165) is 34.1 Å². The molecule has 1 saturated heterocycles. The lowest BCUT2D eigenvalue weighted by Gasteiger charge is -2.47. The highest BCUT2D eigenvalue weighted by molar-refractivity contribution is 9.10. The third kappa shape index (κ3) is 8.45. The second-order valence-corrected chi connectivity index (χ2v) is 13.1. The number of hydrogen-bond acceptors (Lipinski definition) is 7. The van der Waals surface area contributed by atoms with Crippen molar-refractivity contribution in [3.8, 4) is 0 Å². The third-order valence-corrected chi connectivity index (χ3v) is 9.31. The van der Waals surface area contributed by atoms with E-state index in [-0.39, 0.29) is 5.91 Å². The van der Waals surface area contributed by atoms with Crippen molar-refractivity contribution in [2.75, 3.05) is 35.0 Å². The molecule has 0 saturated carbocycles. The van der Waals surface area contributed by atoms with E-state index in [1.54, 1.807) is 16.4 Å². The molecule has 6 N–H and O–H groups in total. The van der Waals surface area contributed by atoms with Crippen LogP contribution >= 0.6 is 26.7 Å². The second-order valence-electron chi connectivity index (χ2n) is 10.0. The standard InChI is InChI=1S/C30H39BrN4O4S/c1-2-33-26-17-24(18-27(19-26)35-13-6-7-14-40(35,38)39)30(37)34-28(16-22-9-4-3-5-10-22)29(36)21-32-20-23-11-8-12-25(31)15-23/h3-5,8-12,15,17-19,28-29,32-33,36,38-39H,2,6-7,13-14,16,20-21H2,1H3,(H,34,37). The van der Waals surface area contributed by atoms with Crippen LogP contribution in [0.5, 0.6) is 0 Å². The van der Waals surface area contributed by atoms with E-state index in [1.807, 2.05) is 67.6 Å². The average Bonchev–Trinajstić information content (AvgIpc) is 2.93. The molecule has 0 aliphatic carbocycles. The van der Waals surface area contributed by atoms with Gasteiger partial charge in [-0.3, -0.25) is 18.2 Å². The second kappa shape index (κ2) is 14.3. The number of benzene rings is 3. The van der Waals surface area contributed by atoms with Gasteiger partial charge >= 0.3 is 0 Å². The number of carbonyl (C=O) groups excluding carboxylic acids is 1. The summed E-state index contributed by atoms with van der Waals surface area (Å²) in [6.45, 7) is 4.01. The summed E-state index contributed by atoms with van der Waals surface area (Å²) in [5.74, 6) is -0.0143. The van der Waals surface area contributed by atoms with Crippen LogP contribution in [0.4, 0.5) is 11.4 Å². The highest BCUT2D eigenvalue weighted by atomic mass is 79.9.